The van der Waals surface area contributed by atoms with Crippen LogP contribution < -0.4 is 0 Å². The second kappa shape index (κ2) is 5.74. The van der Waals surface area contributed by atoms with Crippen LogP contribution in [0.3, 0.4) is 0 Å². The van der Waals surface area contributed by atoms with Crippen LogP contribution in [0.5, 0.6) is 0 Å². The minimum Gasteiger partial charge on any atom is -0.288 e. The Kier molecular flexibility index (Phi) is 4.60. The van der Waals surface area contributed by atoms with Crippen LogP contribution >= 0.6 is 23.4 Å². The van der Waals surface area contributed by atoms with Crippen LogP contribution in [0.1, 0.15) is 12.5 Å². The van der Waals surface area contributed by atoms with Gasteiger partial charge >= 0.3 is 0 Å². The highest BCUT2D eigenvalue weighted by Gasteiger charge is 1.99. The van der Waals surface area contributed by atoms with E-state index in [4.69, 9.17) is 11.6 Å². The summed E-state index contributed by atoms with van der Waals surface area (Å²) in [6, 6.07) is 1.40. The Hall–Kier alpha value is -1.05. The predicted octanol–water partition coefficient (Wildman–Crippen LogP) is 2.51. The van der Waals surface area contributed by atoms with Crippen LogP contribution in [-0.2, 0) is 4.79 Å². The number of carbonyl (C=O) groups is 1. The lowest BCUT2D eigenvalue weighted by molar-refractivity contribution is -0.109. The molecule has 1 heterocycles. The molecule has 0 N–H and O–H groups in total. The van der Waals surface area contributed by atoms with E-state index in [0.717, 1.165) is 11.8 Å². The molecule has 0 atom stereocenters. The van der Waals surface area contributed by atoms with E-state index >= 15 is 0 Å². The van der Waals surface area contributed by atoms with Crippen LogP contribution in [0.4, 0.5) is 4.39 Å². The molecule has 1 aromatic rings. The number of rotatable bonds is 1. The summed E-state index contributed by atoms with van der Waals surface area (Å²) in [5.41, 5.74) is 0.533. The molecule has 0 fully saturated rings. The molecule has 0 bridgehead atoms. The van der Waals surface area contributed by atoms with E-state index in [0.29, 0.717) is 11.3 Å². The highest BCUT2D eigenvalue weighted by atomic mass is 35.5. The quantitative estimate of drug-likeness (QED) is 0.561. The number of nitrogens with zero attached hydrogens (tertiary/aromatic N) is 1. The zero-order valence-corrected chi connectivity index (χ0v) is 9.45. The Morgan fingerprint density at radius 2 is 2.47 bits per heavy atom. The monoisotopic (exact) mass is 243 g/mol. The van der Waals surface area contributed by atoms with E-state index in [1.54, 1.807) is 0 Å². The smallest absolute Gasteiger partial charge is 0.231 e. The summed E-state index contributed by atoms with van der Waals surface area (Å²) in [6.45, 7) is 1.47. The summed E-state index contributed by atoms with van der Waals surface area (Å²) in [5.74, 6) is 5.18. The Morgan fingerprint density at radius 3 is 3.07 bits per heavy atom. The van der Waals surface area contributed by atoms with Crippen LogP contribution in [0.25, 0.3) is 0 Å². The zero-order chi connectivity index (χ0) is 11.3. The SMILES string of the molecule is CC(=O)SCC#Cc1cnc(F)c(Cl)c1. The number of halogens is 2. The van der Waals surface area contributed by atoms with Gasteiger partial charge in [-0.15, -0.1) is 0 Å². The fourth-order valence-corrected chi connectivity index (χ4v) is 1.28. The van der Waals surface area contributed by atoms with E-state index in [2.05, 4.69) is 16.8 Å². The summed E-state index contributed by atoms with van der Waals surface area (Å²) in [6.07, 6.45) is 1.30. The minimum absolute atomic E-state index is 0.0135. The highest BCUT2D eigenvalue weighted by Crippen LogP contribution is 2.12. The number of aromatic nitrogens is 1. The Bertz CT molecular complexity index is 439. The van der Waals surface area contributed by atoms with Crippen molar-refractivity contribution in [2.45, 2.75) is 6.92 Å². The predicted molar refractivity (Wildman–Crippen MR) is 59.2 cm³/mol. The van der Waals surface area contributed by atoms with E-state index in [1.807, 2.05) is 0 Å². The van der Waals surface area contributed by atoms with Crippen molar-refractivity contribution in [3.63, 3.8) is 0 Å². The largest absolute Gasteiger partial charge is 0.288 e. The van der Waals surface area contributed by atoms with Gasteiger partial charge in [-0.25, -0.2) is 4.98 Å². The van der Waals surface area contributed by atoms with Crippen molar-refractivity contribution in [3.8, 4) is 11.8 Å². The molecule has 1 rings (SSSR count). The van der Waals surface area contributed by atoms with Crippen LogP contribution in [0, 0.1) is 17.8 Å². The first kappa shape index (κ1) is 12.0. The van der Waals surface area contributed by atoms with Gasteiger partial charge < -0.3 is 0 Å². The third kappa shape index (κ3) is 4.32. The van der Waals surface area contributed by atoms with Crippen molar-refractivity contribution in [1.29, 1.82) is 0 Å². The van der Waals surface area contributed by atoms with Gasteiger partial charge in [0.05, 0.1) is 10.8 Å². The van der Waals surface area contributed by atoms with Crippen LogP contribution in [-0.4, -0.2) is 15.9 Å². The molecule has 78 valence electrons. The van der Waals surface area contributed by atoms with Gasteiger partial charge in [0.2, 0.25) is 5.95 Å². The number of thioether (sulfide) groups is 1. The molecule has 5 heteroatoms. The van der Waals surface area contributed by atoms with Gasteiger partial charge in [0, 0.05) is 18.7 Å². The summed E-state index contributed by atoms with van der Waals surface area (Å²) >= 11 is 6.63. The average molecular weight is 244 g/mol. The number of hydrogen-bond acceptors (Lipinski definition) is 3. The second-order valence-electron chi connectivity index (χ2n) is 2.58. The molecule has 0 radical (unpaired) electrons. The molecular formula is C10H7ClFNOS. The van der Waals surface area contributed by atoms with Gasteiger partial charge in [-0.2, -0.15) is 4.39 Å². The maximum atomic E-state index is 12.7. The van der Waals surface area contributed by atoms with Crippen molar-refractivity contribution in [3.05, 3.63) is 28.8 Å². The number of carbonyl (C=O) groups excluding carboxylic acids is 1. The van der Waals surface area contributed by atoms with Crippen LogP contribution in [0.2, 0.25) is 5.02 Å². The molecule has 0 amide bonds. The molecule has 15 heavy (non-hydrogen) atoms. The highest BCUT2D eigenvalue weighted by molar-refractivity contribution is 8.13. The number of hydrogen-bond donors (Lipinski definition) is 0. The van der Waals surface area contributed by atoms with E-state index in [1.165, 1.54) is 19.2 Å². The van der Waals surface area contributed by atoms with Crippen LogP contribution in [0.15, 0.2) is 12.3 Å². The molecule has 0 aliphatic carbocycles. The fourth-order valence-electron chi connectivity index (χ4n) is 0.765. The molecule has 0 saturated heterocycles. The summed E-state index contributed by atoms with van der Waals surface area (Å²) in [7, 11) is 0. The first-order chi connectivity index (χ1) is 7.09. The average Bonchev–Trinajstić information content (AvgIpc) is 2.18. The molecular weight excluding hydrogens is 237 g/mol. The minimum atomic E-state index is -0.708. The third-order valence-electron chi connectivity index (χ3n) is 1.38. The third-order valence-corrected chi connectivity index (χ3v) is 2.34. The molecule has 0 saturated carbocycles. The van der Waals surface area contributed by atoms with E-state index < -0.39 is 5.95 Å². The van der Waals surface area contributed by atoms with E-state index in [9.17, 15) is 9.18 Å². The lowest BCUT2D eigenvalue weighted by Crippen LogP contribution is -1.86. The molecule has 0 spiro atoms. The van der Waals surface area contributed by atoms with Gasteiger partial charge in [0.25, 0.3) is 0 Å². The topological polar surface area (TPSA) is 30.0 Å². The van der Waals surface area contributed by atoms with Crippen molar-refractivity contribution in [2.75, 3.05) is 5.75 Å². The van der Waals surface area contributed by atoms with Crippen molar-refractivity contribution in [1.82, 2.24) is 4.98 Å². The van der Waals surface area contributed by atoms with Gasteiger partial charge in [0.1, 0.15) is 0 Å². The standard InChI is InChI=1S/C10H7ClFNOS/c1-7(14)15-4-2-3-8-5-9(11)10(12)13-6-8/h5-6H,4H2,1H3. The first-order valence-corrected chi connectivity index (χ1v) is 5.39. The van der Waals surface area contributed by atoms with Gasteiger partial charge in [-0.1, -0.05) is 35.2 Å². The molecule has 0 unspecified atom stereocenters. The first-order valence-electron chi connectivity index (χ1n) is 4.03. The lowest BCUT2D eigenvalue weighted by atomic mass is 10.3. The van der Waals surface area contributed by atoms with Gasteiger partial charge in [-0.05, 0) is 6.07 Å². The fraction of sp³-hybridized carbons (Fsp3) is 0.200. The Balaban J connectivity index is 2.64. The molecule has 0 aromatic carbocycles. The van der Waals surface area contributed by atoms with Crippen molar-refractivity contribution >= 4 is 28.5 Å². The molecule has 0 aliphatic heterocycles. The van der Waals surface area contributed by atoms with Gasteiger partial charge in [-0.3, -0.25) is 4.79 Å². The Morgan fingerprint density at radius 1 is 1.73 bits per heavy atom. The Labute approximate surface area is 96.2 Å². The lowest BCUT2D eigenvalue weighted by Gasteiger charge is -1.92. The zero-order valence-electron chi connectivity index (χ0n) is 7.88. The molecule has 1 aromatic heterocycles. The summed E-state index contributed by atoms with van der Waals surface area (Å²) < 4.78 is 12.7. The number of pyridine rings is 1. The normalized spacial score (nSPS) is 9.27. The van der Waals surface area contributed by atoms with Crippen molar-refractivity contribution in [2.24, 2.45) is 0 Å². The van der Waals surface area contributed by atoms with Crippen molar-refractivity contribution < 1.29 is 9.18 Å². The van der Waals surface area contributed by atoms with E-state index in [-0.39, 0.29) is 10.1 Å². The maximum Gasteiger partial charge on any atom is 0.231 e. The molecule has 0 aliphatic rings. The van der Waals surface area contributed by atoms with Gasteiger partial charge in [0.15, 0.2) is 5.12 Å². The second-order valence-corrected chi connectivity index (χ2v) is 4.14. The maximum absolute atomic E-state index is 12.7. The molecule has 2 nitrogen and oxygen atoms in total. The summed E-state index contributed by atoms with van der Waals surface area (Å²) in [4.78, 5) is 14.0. The summed E-state index contributed by atoms with van der Waals surface area (Å²) in [5, 5.41) is -0.0411.